The van der Waals surface area contributed by atoms with Crippen molar-refractivity contribution in [3.05, 3.63) is 41.7 Å². The van der Waals surface area contributed by atoms with Gasteiger partial charge >= 0.3 is 0 Å². The number of nitrogens with one attached hydrogen (secondary N) is 1. The molecule has 1 aromatic heterocycles. The Morgan fingerprint density at radius 2 is 2.22 bits per heavy atom. The van der Waals surface area contributed by atoms with Gasteiger partial charge < -0.3 is 5.32 Å². The zero-order valence-electron chi connectivity index (χ0n) is 11.0. The molecule has 3 nitrogen and oxygen atoms in total. The number of nitrogens with zero attached hydrogens (tertiary/aromatic N) is 2. The van der Waals surface area contributed by atoms with Crippen molar-refractivity contribution >= 4 is 0 Å². The fraction of sp³-hybridized carbons (Fsp3) is 0.400. The van der Waals surface area contributed by atoms with Gasteiger partial charge in [-0.25, -0.2) is 0 Å². The number of rotatable bonds is 2. The van der Waals surface area contributed by atoms with Crippen LogP contribution in [0.25, 0.3) is 11.1 Å². The second kappa shape index (κ2) is 4.58. The lowest BCUT2D eigenvalue weighted by molar-refractivity contribution is 0.491. The largest absolute Gasteiger partial charge is 0.315 e. The molecule has 0 bridgehead atoms. The monoisotopic (exact) mass is 241 g/mol. The van der Waals surface area contributed by atoms with Gasteiger partial charge in [-0.05, 0) is 37.9 Å². The second-order valence-electron chi connectivity index (χ2n) is 5.17. The molecule has 0 radical (unpaired) electrons. The topological polar surface area (TPSA) is 29.9 Å². The van der Waals surface area contributed by atoms with Crippen LogP contribution in [0.15, 0.2) is 30.6 Å². The van der Waals surface area contributed by atoms with E-state index >= 15 is 0 Å². The smallest absolute Gasteiger partial charge is 0.0655 e. The van der Waals surface area contributed by atoms with Crippen LogP contribution in [0.1, 0.15) is 23.6 Å². The highest BCUT2D eigenvalue weighted by Gasteiger charge is 2.17. The quantitative estimate of drug-likeness (QED) is 0.876. The first kappa shape index (κ1) is 11.5. The van der Waals surface area contributed by atoms with E-state index < -0.39 is 0 Å². The molecule has 2 heterocycles. The van der Waals surface area contributed by atoms with Crippen molar-refractivity contribution in [3.8, 4) is 11.1 Å². The maximum atomic E-state index is 4.52. The summed E-state index contributed by atoms with van der Waals surface area (Å²) < 4.78 is 2.11. The summed E-state index contributed by atoms with van der Waals surface area (Å²) in [6.45, 7) is 6.43. The average Bonchev–Trinajstić information content (AvgIpc) is 3.00. The Hall–Kier alpha value is -1.61. The third-order valence-electron chi connectivity index (χ3n) is 3.71. The summed E-state index contributed by atoms with van der Waals surface area (Å²) in [6.07, 6.45) is 5.34. The Morgan fingerprint density at radius 1 is 1.33 bits per heavy atom. The molecule has 1 aliphatic heterocycles. The lowest BCUT2D eigenvalue weighted by Gasteiger charge is -2.08. The van der Waals surface area contributed by atoms with Gasteiger partial charge in [0.1, 0.15) is 0 Å². The zero-order valence-corrected chi connectivity index (χ0v) is 11.0. The maximum Gasteiger partial charge on any atom is 0.0655 e. The number of benzene rings is 1. The number of aromatic nitrogens is 2. The average molecular weight is 241 g/mol. The highest BCUT2D eigenvalue weighted by molar-refractivity contribution is 5.66. The van der Waals surface area contributed by atoms with Crippen molar-refractivity contribution in [2.24, 2.45) is 0 Å². The van der Waals surface area contributed by atoms with Gasteiger partial charge in [-0.2, -0.15) is 5.10 Å². The Labute approximate surface area is 108 Å². The first-order valence-corrected chi connectivity index (χ1v) is 6.56. The third-order valence-corrected chi connectivity index (χ3v) is 3.71. The normalized spacial score (nSPS) is 19.3. The van der Waals surface area contributed by atoms with E-state index in [0.717, 1.165) is 13.1 Å². The molecule has 1 aliphatic rings. The van der Waals surface area contributed by atoms with Gasteiger partial charge in [-0.3, -0.25) is 4.68 Å². The summed E-state index contributed by atoms with van der Waals surface area (Å²) in [5, 5.41) is 7.90. The molecule has 3 rings (SSSR count). The van der Waals surface area contributed by atoms with Gasteiger partial charge in [-0.15, -0.1) is 0 Å². The van der Waals surface area contributed by atoms with E-state index in [1.807, 2.05) is 6.20 Å². The molecule has 1 unspecified atom stereocenters. The van der Waals surface area contributed by atoms with E-state index in [1.54, 1.807) is 0 Å². The summed E-state index contributed by atoms with van der Waals surface area (Å²) >= 11 is 0. The molecule has 0 saturated carbocycles. The van der Waals surface area contributed by atoms with Crippen LogP contribution < -0.4 is 5.32 Å². The third kappa shape index (κ3) is 2.06. The molecule has 1 fully saturated rings. The van der Waals surface area contributed by atoms with E-state index in [0.29, 0.717) is 6.04 Å². The van der Waals surface area contributed by atoms with Crippen LogP contribution in [-0.4, -0.2) is 22.9 Å². The Morgan fingerprint density at radius 3 is 3.00 bits per heavy atom. The van der Waals surface area contributed by atoms with Crippen molar-refractivity contribution in [1.82, 2.24) is 15.1 Å². The standard InChI is InChI=1S/C15H19N3/c1-11-3-4-12(2)15(7-11)13-8-17-18(10-13)14-5-6-16-9-14/h3-4,7-8,10,14,16H,5-6,9H2,1-2H3. The maximum absolute atomic E-state index is 4.52. The van der Waals surface area contributed by atoms with Crippen LogP contribution in [0.4, 0.5) is 0 Å². The number of hydrogen-bond acceptors (Lipinski definition) is 2. The SMILES string of the molecule is Cc1ccc(C)c(-c2cnn(C3CCNC3)c2)c1. The minimum Gasteiger partial charge on any atom is -0.315 e. The molecule has 3 heteroatoms. The molecular weight excluding hydrogens is 222 g/mol. The van der Waals surface area contributed by atoms with Crippen molar-refractivity contribution < 1.29 is 0 Å². The summed E-state index contributed by atoms with van der Waals surface area (Å²) in [5.41, 5.74) is 5.13. The molecule has 1 aromatic carbocycles. The zero-order chi connectivity index (χ0) is 12.5. The first-order chi connectivity index (χ1) is 8.74. The molecule has 18 heavy (non-hydrogen) atoms. The molecule has 0 spiro atoms. The molecule has 1 atom stereocenters. The Balaban J connectivity index is 1.94. The molecule has 0 amide bonds. The van der Waals surface area contributed by atoms with Crippen molar-refractivity contribution in [1.29, 1.82) is 0 Å². The molecule has 1 saturated heterocycles. The number of hydrogen-bond donors (Lipinski definition) is 1. The lowest BCUT2D eigenvalue weighted by Crippen LogP contribution is -2.13. The summed E-state index contributed by atoms with van der Waals surface area (Å²) in [4.78, 5) is 0. The van der Waals surface area contributed by atoms with Crippen LogP contribution in [-0.2, 0) is 0 Å². The molecule has 0 aliphatic carbocycles. The van der Waals surface area contributed by atoms with Gasteiger partial charge in [0, 0.05) is 18.3 Å². The van der Waals surface area contributed by atoms with E-state index in [4.69, 9.17) is 0 Å². The molecular formula is C15H19N3. The molecule has 1 N–H and O–H groups in total. The minimum atomic E-state index is 0.517. The summed E-state index contributed by atoms with van der Waals surface area (Å²) in [6, 6.07) is 7.09. The van der Waals surface area contributed by atoms with Crippen LogP contribution in [0.2, 0.25) is 0 Å². The molecule has 2 aromatic rings. The van der Waals surface area contributed by atoms with Crippen molar-refractivity contribution in [2.75, 3.05) is 13.1 Å². The second-order valence-corrected chi connectivity index (χ2v) is 5.17. The van der Waals surface area contributed by atoms with E-state index in [9.17, 15) is 0 Å². The van der Waals surface area contributed by atoms with E-state index in [1.165, 1.54) is 28.7 Å². The highest BCUT2D eigenvalue weighted by atomic mass is 15.3. The van der Waals surface area contributed by atoms with Gasteiger partial charge in [0.25, 0.3) is 0 Å². The predicted molar refractivity (Wildman–Crippen MR) is 73.7 cm³/mol. The highest BCUT2D eigenvalue weighted by Crippen LogP contribution is 2.25. The fourth-order valence-electron chi connectivity index (χ4n) is 2.59. The van der Waals surface area contributed by atoms with Crippen molar-refractivity contribution in [3.63, 3.8) is 0 Å². The summed E-state index contributed by atoms with van der Waals surface area (Å²) in [7, 11) is 0. The van der Waals surface area contributed by atoms with E-state index in [2.05, 4.69) is 53.3 Å². The van der Waals surface area contributed by atoms with Gasteiger partial charge in [0.05, 0.1) is 12.2 Å². The number of aryl methyl sites for hydroxylation is 2. The van der Waals surface area contributed by atoms with Gasteiger partial charge in [0.15, 0.2) is 0 Å². The van der Waals surface area contributed by atoms with Gasteiger partial charge in [-0.1, -0.05) is 23.8 Å². The Bertz CT molecular complexity index is 551. The first-order valence-electron chi connectivity index (χ1n) is 6.56. The predicted octanol–water partition coefficient (Wildman–Crippen LogP) is 2.70. The van der Waals surface area contributed by atoms with Crippen LogP contribution >= 0.6 is 0 Å². The van der Waals surface area contributed by atoms with Gasteiger partial charge in [0.2, 0.25) is 0 Å². The van der Waals surface area contributed by atoms with Crippen LogP contribution in [0.5, 0.6) is 0 Å². The van der Waals surface area contributed by atoms with Crippen LogP contribution in [0.3, 0.4) is 0 Å². The molecule has 94 valence electrons. The summed E-state index contributed by atoms with van der Waals surface area (Å²) in [5.74, 6) is 0. The fourth-order valence-corrected chi connectivity index (χ4v) is 2.59. The minimum absolute atomic E-state index is 0.517. The van der Waals surface area contributed by atoms with E-state index in [-0.39, 0.29) is 0 Å². The Kier molecular flexibility index (Phi) is 2.92. The lowest BCUT2D eigenvalue weighted by atomic mass is 10.0. The van der Waals surface area contributed by atoms with Crippen molar-refractivity contribution in [2.45, 2.75) is 26.3 Å². The van der Waals surface area contributed by atoms with Crippen LogP contribution in [0, 0.1) is 13.8 Å².